The molecule has 4 rings (SSSR count). The van der Waals surface area contributed by atoms with Gasteiger partial charge in [0.15, 0.2) is 11.5 Å². The number of nitro benzene ring substituents is 1. The summed E-state index contributed by atoms with van der Waals surface area (Å²) in [5.41, 5.74) is 0.724. The van der Waals surface area contributed by atoms with Crippen LogP contribution < -0.4 is 14.2 Å². The lowest BCUT2D eigenvalue weighted by atomic mass is 10.1. The molecule has 13 heteroatoms. The molecule has 11 nitrogen and oxygen atoms in total. The molecule has 0 radical (unpaired) electrons. The van der Waals surface area contributed by atoms with Gasteiger partial charge >= 0.3 is 0 Å². The van der Waals surface area contributed by atoms with Crippen molar-refractivity contribution >= 4 is 23.4 Å². The van der Waals surface area contributed by atoms with Crippen LogP contribution in [-0.2, 0) is 4.74 Å². The largest absolute Gasteiger partial charge is 0.493 e. The maximum atomic E-state index is 13.7. The first-order valence-corrected chi connectivity index (χ1v) is 15.6. The summed E-state index contributed by atoms with van der Waals surface area (Å²) < 4.78 is 36.3. The van der Waals surface area contributed by atoms with Crippen molar-refractivity contribution in [2.45, 2.75) is 51.5 Å². The predicted octanol–water partition coefficient (Wildman–Crippen LogP) is 6.08. The van der Waals surface area contributed by atoms with Gasteiger partial charge in [0.2, 0.25) is 5.88 Å². The molecule has 1 aliphatic rings. The molecule has 1 amide bonds. The Labute approximate surface area is 260 Å². The van der Waals surface area contributed by atoms with Crippen LogP contribution in [0.15, 0.2) is 42.5 Å². The van der Waals surface area contributed by atoms with Crippen LogP contribution in [0, 0.1) is 22.9 Å². The molecule has 0 aliphatic carbocycles. The van der Waals surface area contributed by atoms with Gasteiger partial charge in [0.1, 0.15) is 22.6 Å². The number of likely N-dealkylation sites (tertiary alicyclic amines) is 1. The molecule has 1 aromatic heterocycles. The van der Waals surface area contributed by atoms with E-state index in [1.807, 2.05) is 13.8 Å². The lowest BCUT2D eigenvalue weighted by Crippen LogP contribution is -2.43. The van der Waals surface area contributed by atoms with Crippen molar-refractivity contribution in [3.8, 4) is 28.6 Å². The fourth-order valence-electron chi connectivity index (χ4n) is 5.03. The minimum absolute atomic E-state index is 0.0535. The zero-order valence-electron chi connectivity index (χ0n) is 25.3. The van der Waals surface area contributed by atoms with Crippen molar-refractivity contribution in [2.75, 3.05) is 39.2 Å². The number of thioether (sulfide) groups is 1. The Morgan fingerprint density at radius 1 is 1.14 bits per heavy atom. The Balaban J connectivity index is 1.42. The minimum Gasteiger partial charge on any atom is -0.493 e. The Morgan fingerprint density at radius 3 is 2.57 bits per heavy atom. The normalized spacial score (nSPS) is 15.2. The molecule has 3 aromatic rings. The molecule has 236 valence electrons. The molecule has 0 N–H and O–H groups in total. The van der Waals surface area contributed by atoms with E-state index in [4.69, 9.17) is 18.9 Å². The Bertz CT molecular complexity index is 1440. The van der Waals surface area contributed by atoms with E-state index in [-0.39, 0.29) is 53.3 Å². The molecule has 2 aromatic carbocycles. The first-order chi connectivity index (χ1) is 21.2. The number of carbonyl (C=O) groups excluding carboxylic acids is 1. The second-order valence-electron chi connectivity index (χ2n) is 9.96. The van der Waals surface area contributed by atoms with Crippen molar-refractivity contribution in [3.05, 3.63) is 69.8 Å². The maximum Gasteiger partial charge on any atom is 0.286 e. The molecule has 2 heterocycles. The first kappa shape index (κ1) is 32.9. The standard InChI is InChI=1S/C31H37FN4O7S/c1-5-41-31(44-6-2)25-9-7-14-35(25)30(37)23-17-27(40-4)28(19-26(23)36(38)39)42-15-8-16-43-29-18-24(33-20(3)34-29)21-10-12-22(32)13-11-21/h10-13,17-19,25,31H,5-9,14-16H2,1-4H3/t25-,31?/m0/s1. The predicted molar refractivity (Wildman–Crippen MR) is 165 cm³/mol. The third-order valence-corrected chi connectivity index (χ3v) is 8.11. The third kappa shape index (κ3) is 8.14. The highest BCUT2D eigenvalue weighted by molar-refractivity contribution is 7.99. The summed E-state index contributed by atoms with van der Waals surface area (Å²) in [6.07, 6.45) is 1.98. The zero-order valence-corrected chi connectivity index (χ0v) is 26.1. The van der Waals surface area contributed by atoms with Gasteiger partial charge in [0, 0.05) is 37.3 Å². The third-order valence-electron chi connectivity index (χ3n) is 7.00. The SMILES string of the molecule is CCOC(SCC)[C@@H]1CCCN1C(=O)c1cc(OC)c(OCCCOc2cc(-c3ccc(F)cc3)nc(C)n2)cc1[N+](=O)[O-]. The van der Waals surface area contributed by atoms with Gasteiger partial charge < -0.3 is 23.8 Å². The second kappa shape index (κ2) is 15.7. The van der Waals surface area contributed by atoms with Crippen LogP contribution in [0.2, 0.25) is 0 Å². The number of hydrogen-bond acceptors (Lipinski definition) is 10. The summed E-state index contributed by atoms with van der Waals surface area (Å²) >= 11 is 1.62. The van der Waals surface area contributed by atoms with E-state index in [1.54, 1.807) is 41.8 Å². The minimum atomic E-state index is -0.579. The number of ether oxygens (including phenoxy) is 4. The average Bonchev–Trinajstić information content (AvgIpc) is 3.50. The number of methoxy groups -OCH3 is 1. The highest BCUT2D eigenvalue weighted by Crippen LogP contribution is 2.37. The summed E-state index contributed by atoms with van der Waals surface area (Å²) in [4.78, 5) is 35.5. The van der Waals surface area contributed by atoms with Gasteiger partial charge in [-0.3, -0.25) is 14.9 Å². The van der Waals surface area contributed by atoms with E-state index in [0.29, 0.717) is 37.0 Å². The Hall–Kier alpha value is -3.97. The van der Waals surface area contributed by atoms with E-state index in [1.165, 1.54) is 31.4 Å². The van der Waals surface area contributed by atoms with Crippen LogP contribution >= 0.6 is 11.8 Å². The summed E-state index contributed by atoms with van der Waals surface area (Å²) in [5, 5.41) is 12.1. The number of nitrogens with zero attached hydrogens (tertiary/aromatic N) is 4. The average molecular weight is 629 g/mol. The van der Waals surface area contributed by atoms with Crippen molar-refractivity contribution in [1.82, 2.24) is 14.9 Å². The topological polar surface area (TPSA) is 126 Å². The first-order valence-electron chi connectivity index (χ1n) is 14.5. The number of aromatic nitrogens is 2. The van der Waals surface area contributed by atoms with Crippen molar-refractivity contribution in [2.24, 2.45) is 0 Å². The summed E-state index contributed by atoms with van der Waals surface area (Å²) in [7, 11) is 1.42. The van der Waals surface area contributed by atoms with E-state index in [9.17, 15) is 19.3 Å². The smallest absolute Gasteiger partial charge is 0.286 e. The van der Waals surface area contributed by atoms with E-state index in [0.717, 1.165) is 24.2 Å². The van der Waals surface area contributed by atoms with E-state index < -0.39 is 10.8 Å². The lowest BCUT2D eigenvalue weighted by molar-refractivity contribution is -0.385. The van der Waals surface area contributed by atoms with Crippen LogP contribution in [-0.4, -0.2) is 76.4 Å². The van der Waals surface area contributed by atoms with Gasteiger partial charge in [0.05, 0.1) is 43.0 Å². The summed E-state index contributed by atoms with van der Waals surface area (Å²) in [6.45, 7) is 7.09. The number of benzene rings is 2. The van der Waals surface area contributed by atoms with Gasteiger partial charge in [-0.2, -0.15) is 4.98 Å². The zero-order chi connectivity index (χ0) is 31.6. The van der Waals surface area contributed by atoms with Crippen molar-refractivity contribution in [1.29, 1.82) is 0 Å². The highest BCUT2D eigenvalue weighted by Gasteiger charge is 2.38. The molecule has 1 aliphatic heterocycles. The molecule has 0 saturated carbocycles. The van der Waals surface area contributed by atoms with Gasteiger partial charge in [-0.25, -0.2) is 9.37 Å². The Kier molecular flexibility index (Phi) is 11.7. The van der Waals surface area contributed by atoms with Gasteiger partial charge in [-0.05, 0) is 56.7 Å². The van der Waals surface area contributed by atoms with E-state index in [2.05, 4.69) is 9.97 Å². The van der Waals surface area contributed by atoms with Gasteiger partial charge in [-0.1, -0.05) is 6.92 Å². The molecule has 1 fully saturated rings. The summed E-state index contributed by atoms with van der Waals surface area (Å²) in [5.74, 6) is 1.29. The van der Waals surface area contributed by atoms with E-state index >= 15 is 0 Å². The maximum absolute atomic E-state index is 13.7. The molecule has 0 bridgehead atoms. The second-order valence-corrected chi connectivity index (χ2v) is 11.3. The molecular weight excluding hydrogens is 591 g/mol. The Morgan fingerprint density at radius 2 is 1.89 bits per heavy atom. The fraction of sp³-hybridized carbons (Fsp3) is 0.452. The molecule has 44 heavy (non-hydrogen) atoms. The fourth-order valence-corrected chi connectivity index (χ4v) is 6.09. The van der Waals surface area contributed by atoms with Crippen LogP contribution in [0.1, 0.15) is 49.3 Å². The molecular formula is C31H37FN4O7S. The quantitative estimate of drug-likeness (QED) is 0.0846. The number of hydrogen-bond donors (Lipinski definition) is 0. The number of nitro groups is 1. The van der Waals surface area contributed by atoms with Crippen LogP contribution in [0.25, 0.3) is 11.3 Å². The van der Waals surface area contributed by atoms with Crippen LogP contribution in [0.5, 0.6) is 17.4 Å². The monoisotopic (exact) mass is 628 g/mol. The van der Waals surface area contributed by atoms with Crippen LogP contribution in [0.3, 0.4) is 0 Å². The molecule has 1 unspecified atom stereocenters. The molecule has 0 spiro atoms. The summed E-state index contributed by atoms with van der Waals surface area (Å²) in [6, 6.07) is 10.1. The van der Waals surface area contributed by atoms with Gasteiger partial charge in [-0.15, -0.1) is 11.8 Å². The lowest BCUT2D eigenvalue weighted by Gasteiger charge is -2.31. The molecule has 1 saturated heterocycles. The van der Waals surface area contributed by atoms with Crippen molar-refractivity contribution < 1.29 is 33.1 Å². The molecule has 2 atom stereocenters. The highest BCUT2D eigenvalue weighted by atomic mass is 32.2. The van der Waals surface area contributed by atoms with Crippen LogP contribution in [0.4, 0.5) is 10.1 Å². The number of rotatable bonds is 15. The number of aryl methyl sites for hydroxylation is 1. The number of amides is 1. The number of carbonyl (C=O) groups is 1. The van der Waals surface area contributed by atoms with Crippen molar-refractivity contribution in [3.63, 3.8) is 0 Å². The van der Waals surface area contributed by atoms with Gasteiger partial charge in [0.25, 0.3) is 11.6 Å². The number of halogens is 1.